The molecule has 0 unspecified atom stereocenters. The second-order valence-electron chi connectivity index (χ2n) is 5.56. The van der Waals surface area contributed by atoms with E-state index in [0.29, 0.717) is 17.9 Å². The Morgan fingerprint density at radius 2 is 1.95 bits per heavy atom. The Kier molecular flexibility index (Phi) is 4.13. The molecule has 1 fully saturated rings. The third kappa shape index (κ3) is 2.84. The van der Waals surface area contributed by atoms with Crippen LogP contribution < -0.4 is 0 Å². The molecule has 1 aromatic carbocycles. The lowest BCUT2D eigenvalue weighted by atomic mass is 10.1. The Hall–Kier alpha value is -2.30. The van der Waals surface area contributed by atoms with Crippen molar-refractivity contribution in [3.8, 4) is 0 Å². The number of amides is 1. The standard InChI is InChI=1S/C17H20N2O3/c1-2-22-17(21)15-11-13-10-12(6-7-14(13)18-15)16(20)19-8-4-3-5-9-19/h6-7,10-11,18H,2-5,8-9H2,1H3. The summed E-state index contributed by atoms with van der Waals surface area (Å²) in [7, 11) is 0. The van der Waals surface area contributed by atoms with E-state index in [1.807, 2.05) is 23.1 Å². The van der Waals surface area contributed by atoms with Gasteiger partial charge in [-0.2, -0.15) is 0 Å². The molecule has 1 aromatic heterocycles. The van der Waals surface area contributed by atoms with E-state index in [1.54, 1.807) is 13.0 Å². The summed E-state index contributed by atoms with van der Waals surface area (Å²) >= 11 is 0. The van der Waals surface area contributed by atoms with E-state index in [2.05, 4.69) is 4.98 Å². The molecule has 0 atom stereocenters. The van der Waals surface area contributed by atoms with E-state index in [0.717, 1.165) is 36.8 Å². The number of esters is 1. The zero-order chi connectivity index (χ0) is 15.5. The number of nitrogens with zero attached hydrogens (tertiary/aromatic N) is 1. The molecule has 116 valence electrons. The number of carbonyl (C=O) groups is 2. The molecule has 2 heterocycles. The van der Waals surface area contributed by atoms with E-state index in [1.165, 1.54) is 6.42 Å². The molecule has 1 amide bonds. The Morgan fingerprint density at radius 3 is 2.68 bits per heavy atom. The molecule has 1 saturated heterocycles. The highest BCUT2D eigenvalue weighted by atomic mass is 16.5. The van der Waals surface area contributed by atoms with E-state index < -0.39 is 0 Å². The first kappa shape index (κ1) is 14.6. The second-order valence-corrected chi connectivity index (χ2v) is 5.56. The van der Waals surface area contributed by atoms with Gasteiger partial charge in [0.2, 0.25) is 0 Å². The molecule has 0 aliphatic carbocycles. The summed E-state index contributed by atoms with van der Waals surface area (Å²) in [4.78, 5) is 29.2. The summed E-state index contributed by atoms with van der Waals surface area (Å²) in [6, 6.07) is 7.23. The van der Waals surface area contributed by atoms with Gasteiger partial charge in [-0.1, -0.05) is 0 Å². The monoisotopic (exact) mass is 300 g/mol. The van der Waals surface area contributed by atoms with Crippen LogP contribution in [0.2, 0.25) is 0 Å². The largest absolute Gasteiger partial charge is 0.461 e. The van der Waals surface area contributed by atoms with Crippen molar-refractivity contribution >= 4 is 22.8 Å². The Bertz CT molecular complexity index is 699. The molecule has 0 radical (unpaired) electrons. The summed E-state index contributed by atoms with van der Waals surface area (Å²) in [6.07, 6.45) is 3.35. The number of hydrogen-bond donors (Lipinski definition) is 1. The van der Waals surface area contributed by atoms with Gasteiger partial charge >= 0.3 is 5.97 Å². The molecule has 0 spiro atoms. The predicted molar refractivity (Wildman–Crippen MR) is 84.0 cm³/mol. The van der Waals surface area contributed by atoms with Crippen molar-refractivity contribution in [3.63, 3.8) is 0 Å². The average molecular weight is 300 g/mol. The number of fused-ring (bicyclic) bond motifs is 1. The van der Waals surface area contributed by atoms with E-state index in [-0.39, 0.29) is 11.9 Å². The molecule has 1 aliphatic rings. The first-order valence-electron chi connectivity index (χ1n) is 7.78. The minimum Gasteiger partial charge on any atom is -0.461 e. The third-order valence-electron chi connectivity index (χ3n) is 4.01. The minimum atomic E-state index is -0.373. The highest BCUT2D eigenvalue weighted by molar-refractivity contribution is 6.00. The minimum absolute atomic E-state index is 0.0699. The number of likely N-dealkylation sites (tertiary alicyclic amines) is 1. The van der Waals surface area contributed by atoms with Crippen molar-refractivity contribution in [1.29, 1.82) is 0 Å². The maximum Gasteiger partial charge on any atom is 0.354 e. The fraction of sp³-hybridized carbons (Fsp3) is 0.412. The van der Waals surface area contributed by atoms with Crippen LogP contribution in [0.15, 0.2) is 24.3 Å². The van der Waals surface area contributed by atoms with E-state index in [4.69, 9.17) is 4.74 Å². The number of H-pyrrole nitrogens is 1. The average Bonchev–Trinajstić information content (AvgIpc) is 2.98. The van der Waals surface area contributed by atoms with Crippen LogP contribution in [0.3, 0.4) is 0 Å². The Morgan fingerprint density at radius 1 is 1.18 bits per heavy atom. The molecule has 5 nitrogen and oxygen atoms in total. The number of rotatable bonds is 3. The van der Waals surface area contributed by atoms with Crippen LogP contribution in [0.5, 0.6) is 0 Å². The smallest absolute Gasteiger partial charge is 0.354 e. The number of ether oxygens (including phenoxy) is 1. The van der Waals surface area contributed by atoms with Gasteiger partial charge in [-0.25, -0.2) is 4.79 Å². The van der Waals surface area contributed by atoms with Crippen molar-refractivity contribution in [1.82, 2.24) is 9.88 Å². The summed E-state index contributed by atoms with van der Waals surface area (Å²) in [5.41, 5.74) is 1.92. The lowest BCUT2D eigenvalue weighted by Crippen LogP contribution is -2.35. The zero-order valence-corrected chi connectivity index (χ0v) is 12.7. The van der Waals surface area contributed by atoms with Gasteiger partial charge in [-0.05, 0) is 50.5 Å². The molecule has 2 aromatic rings. The Labute approximate surface area is 129 Å². The number of carbonyl (C=O) groups excluding carboxylic acids is 2. The molecular formula is C17H20N2O3. The molecule has 3 rings (SSSR count). The quantitative estimate of drug-likeness (QED) is 0.886. The number of benzene rings is 1. The van der Waals surface area contributed by atoms with Crippen LogP contribution in [0.1, 0.15) is 47.0 Å². The summed E-state index contributed by atoms with van der Waals surface area (Å²) in [5, 5.41) is 0.853. The fourth-order valence-electron chi connectivity index (χ4n) is 2.86. The molecule has 0 saturated carbocycles. The van der Waals surface area contributed by atoms with Crippen LogP contribution in [-0.2, 0) is 4.74 Å². The topological polar surface area (TPSA) is 62.4 Å². The van der Waals surface area contributed by atoms with E-state index >= 15 is 0 Å². The van der Waals surface area contributed by atoms with Gasteiger partial charge in [0.25, 0.3) is 5.91 Å². The van der Waals surface area contributed by atoms with Crippen molar-refractivity contribution in [2.75, 3.05) is 19.7 Å². The van der Waals surface area contributed by atoms with Gasteiger partial charge < -0.3 is 14.6 Å². The molecule has 1 aliphatic heterocycles. The first-order chi connectivity index (χ1) is 10.7. The SMILES string of the molecule is CCOC(=O)c1cc2cc(C(=O)N3CCCCC3)ccc2[nH]1. The van der Waals surface area contributed by atoms with Crippen molar-refractivity contribution in [2.24, 2.45) is 0 Å². The normalized spacial score (nSPS) is 15.0. The fourth-order valence-corrected chi connectivity index (χ4v) is 2.86. The lowest BCUT2D eigenvalue weighted by molar-refractivity contribution is 0.0520. The maximum atomic E-state index is 12.5. The van der Waals surface area contributed by atoms with E-state index in [9.17, 15) is 9.59 Å². The van der Waals surface area contributed by atoms with Crippen LogP contribution >= 0.6 is 0 Å². The van der Waals surface area contributed by atoms with Gasteiger partial charge in [0.05, 0.1) is 6.61 Å². The molecular weight excluding hydrogens is 280 g/mol. The van der Waals surface area contributed by atoms with Gasteiger partial charge in [-0.3, -0.25) is 4.79 Å². The van der Waals surface area contributed by atoms with Gasteiger partial charge in [0.1, 0.15) is 5.69 Å². The predicted octanol–water partition coefficient (Wildman–Crippen LogP) is 2.97. The lowest BCUT2D eigenvalue weighted by Gasteiger charge is -2.26. The number of hydrogen-bond acceptors (Lipinski definition) is 3. The summed E-state index contributed by atoms with van der Waals surface area (Å²) in [5.74, 6) is -0.303. The molecule has 5 heteroatoms. The summed E-state index contributed by atoms with van der Waals surface area (Å²) < 4.78 is 4.98. The molecule has 22 heavy (non-hydrogen) atoms. The van der Waals surface area contributed by atoms with Crippen LogP contribution in [0, 0.1) is 0 Å². The molecule has 0 bridgehead atoms. The van der Waals surface area contributed by atoms with Crippen LogP contribution in [-0.4, -0.2) is 41.5 Å². The van der Waals surface area contributed by atoms with Crippen molar-refractivity contribution in [2.45, 2.75) is 26.2 Å². The first-order valence-corrected chi connectivity index (χ1v) is 7.78. The number of piperidine rings is 1. The van der Waals surface area contributed by atoms with Gasteiger partial charge in [0.15, 0.2) is 0 Å². The van der Waals surface area contributed by atoms with Crippen molar-refractivity contribution in [3.05, 3.63) is 35.5 Å². The maximum absolute atomic E-state index is 12.5. The van der Waals surface area contributed by atoms with Crippen LogP contribution in [0.4, 0.5) is 0 Å². The third-order valence-corrected chi connectivity index (χ3v) is 4.01. The Balaban J connectivity index is 1.85. The van der Waals surface area contributed by atoms with Crippen molar-refractivity contribution < 1.29 is 14.3 Å². The van der Waals surface area contributed by atoms with Gasteiger partial charge in [0, 0.05) is 29.6 Å². The number of nitrogens with one attached hydrogen (secondary N) is 1. The highest BCUT2D eigenvalue weighted by Crippen LogP contribution is 2.20. The second kappa shape index (κ2) is 6.22. The zero-order valence-electron chi connectivity index (χ0n) is 12.7. The molecule has 1 N–H and O–H groups in total. The van der Waals surface area contributed by atoms with Crippen LogP contribution in [0.25, 0.3) is 10.9 Å². The highest BCUT2D eigenvalue weighted by Gasteiger charge is 2.19. The van der Waals surface area contributed by atoms with Gasteiger partial charge in [-0.15, -0.1) is 0 Å². The number of aromatic amines is 1. The number of aromatic nitrogens is 1. The summed E-state index contributed by atoms with van der Waals surface area (Å²) in [6.45, 7) is 3.78.